The van der Waals surface area contributed by atoms with Crippen LogP contribution in [0.15, 0.2) is 0 Å². The molecular formula is C22H48O4. The number of rotatable bonds is 20. The van der Waals surface area contributed by atoms with Gasteiger partial charge in [-0.15, -0.1) is 0 Å². The second-order valence-electron chi connectivity index (χ2n) is 7.09. The standard InChI is InChI=1S/C18H38O.C4H10O3/c1-2-3-4-5-6-7-8-9-10-11-12-13-14-15-16-17-18-19;5-1-3-7-4-2-6/h19H,2-18H2,1H3;5-6H,1-4H2. The van der Waals surface area contributed by atoms with E-state index >= 15 is 0 Å². The molecule has 160 valence electrons. The van der Waals surface area contributed by atoms with Gasteiger partial charge in [0.25, 0.3) is 0 Å². The number of unbranched alkanes of at least 4 members (excludes halogenated alkanes) is 15. The Bertz CT molecular complexity index is 192. The molecule has 0 amide bonds. The van der Waals surface area contributed by atoms with Crippen LogP contribution in [0, 0.1) is 0 Å². The predicted molar refractivity (Wildman–Crippen MR) is 112 cm³/mol. The van der Waals surface area contributed by atoms with E-state index in [0.29, 0.717) is 19.8 Å². The summed E-state index contributed by atoms with van der Waals surface area (Å²) in [7, 11) is 0. The maximum absolute atomic E-state index is 8.67. The van der Waals surface area contributed by atoms with Gasteiger partial charge in [0.05, 0.1) is 26.4 Å². The Morgan fingerprint density at radius 2 is 0.731 bits per heavy atom. The molecule has 0 heterocycles. The van der Waals surface area contributed by atoms with Gasteiger partial charge in [-0.05, 0) is 6.42 Å². The van der Waals surface area contributed by atoms with Crippen molar-refractivity contribution in [3.63, 3.8) is 0 Å². The monoisotopic (exact) mass is 376 g/mol. The number of hydrogen-bond acceptors (Lipinski definition) is 4. The average Bonchev–Trinajstić information content (AvgIpc) is 2.66. The van der Waals surface area contributed by atoms with Crippen LogP contribution < -0.4 is 0 Å². The third-order valence-electron chi connectivity index (χ3n) is 4.48. The first-order chi connectivity index (χ1) is 12.8. The molecular weight excluding hydrogens is 328 g/mol. The number of hydrogen-bond donors (Lipinski definition) is 3. The molecule has 4 heteroatoms. The Morgan fingerprint density at radius 3 is 1.00 bits per heavy atom. The summed E-state index contributed by atoms with van der Waals surface area (Å²) < 4.78 is 4.63. The summed E-state index contributed by atoms with van der Waals surface area (Å²) in [5.74, 6) is 0. The molecule has 0 unspecified atom stereocenters. The van der Waals surface area contributed by atoms with Crippen LogP contribution in [-0.2, 0) is 4.74 Å². The van der Waals surface area contributed by atoms with E-state index in [2.05, 4.69) is 11.7 Å². The minimum Gasteiger partial charge on any atom is -0.396 e. The molecule has 0 saturated heterocycles. The van der Waals surface area contributed by atoms with Gasteiger partial charge in [0, 0.05) is 6.61 Å². The zero-order chi connectivity index (χ0) is 19.6. The molecule has 0 rings (SSSR count). The van der Waals surface area contributed by atoms with E-state index in [1.807, 2.05) is 0 Å². The van der Waals surface area contributed by atoms with Gasteiger partial charge in [-0.2, -0.15) is 0 Å². The van der Waals surface area contributed by atoms with E-state index in [0.717, 1.165) is 6.42 Å². The Kier molecular flexibility index (Phi) is 31.9. The molecule has 0 radical (unpaired) electrons. The zero-order valence-corrected chi connectivity index (χ0v) is 17.6. The van der Waals surface area contributed by atoms with E-state index in [-0.39, 0.29) is 13.2 Å². The first-order valence-electron chi connectivity index (χ1n) is 11.2. The fourth-order valence-electron chi connectivity index (χ4n) is 2.89. The molecule has 0 fully saturated rings. The van der Waals surface area contributed by atoms with Crippen LogP contribution in [0.2, 0.25) is 0 Å². The highest BCUT2D eigenvalue weighted by Crippen LogP contribution is 2.13. The predicted octanol–water partition coefficient (Wildman–Crippen LogP) is 5.23. The van der Waals surface area contributed by atoms with Crippen LogP contribution in [0.25, 0.3) is 0 Å². The van der Waals surface area contributed by atoms with Crippen molar-refractivity contribution in [2.45, 2.75) is 110 Å². The zero-order valence-electron chi connectivity index (χ0n) is 17.6. The van der Waals surface area contributed by atoms with E-state index in [1.54, 1.807) is 0 Å². The molecule has 0 atom stereocenters. The summed E-state index contributed by atoms with van der Waals surface area (Å²) >= 11 is 0. The van der Waals surface area contributed by atoms with E-state index in [1.165, 1.54) is 96.3 Å². The summed E-state index contributed by atoms with van der Waals surface area (Å²) in [5, 5.41) is 24.8. The largest absolute Gasteiger partial charge is 0.396 e. The van der Waals surface area contributed by atoms with Gasteiger partial charge < -0.3 is 20.1 Å². The second-order valence-corrected chi connectivity index (χ2v) is 7.09. The molecule has 4 nitrogen and oxygen atoms in total. The summed E-state index contributed by atoms with van der Waals surface area (Å²) in [4.78, 5) is 0. The third-order valence-corrected chi connectivity index (χ3v) is 4.48. The van der Waals surface area contributed by atoms with Gasteiger partial charge >= 0.3 is 0 Å². The lowest BCUT2D eigenvalue weighted by Gasteiger charge is -2.03. The first-order valence-corrected chi connectivity index (χ1v) is 11.2. The molecule has 3 N–H and O–H groups in total. The number of aliphatic hydroxyl groups is 3. The van der Waals surface area contributed by atoms with Gasteiger partial charge in [-0.1, -0.05) is 103 Å². The molecule has 0 aliphatic carbocycles. The van der Waals surface area contributed by atoms with Crippen molar-refractivity contribution in [1.82, 2.24) is 0 Å². The van der Waals surface area contributed by atoms with Crippen LogP contribution in [0.1, 0.15) is 110 Å². The van der Waals surface area contributed by atoms with Crippen LogP contribution in [0.4, 0.5) is 0 Å². The molecule has 0 bridgehead atoms. The Labute approximate surface area is 163 Å². The maximum atomic E-state index is 8.67. The summed E-state index contributed by atoms with van der Waals surface area (Å²) in [6.07, 6.45) is 22.2. The van der Waals surface area contributed by atoms with Crippen molar-refractivity contribution in [2.75, 3.05) is 33.0 Å². The highest BCUT2D eigenvalue weighted by atomic mass is 16.5. The van der Waals surface area contributed by atoms with Crippen molar-refractivity contribution in [1.29, 1.82) is 0 Å². The van der Waals surface area contributed by atoms with Crippen molar-refractivity contribution in [2.24, 2.45) is 0 Å². The molecule has 0 saturated carbocycles. The number of aliphatic hydroxyl groups excluding tert-OH is 3. The Balaban J connectivity index is 0. The Hall–Kier alpha value is -0.160. The topological polar surface area (TPSA) is 69.9 Å². The SMILES string of the molecule is CCCCCCCCCCCCCCCCCCO.OCCOCCO. The third kappa shape index (κ3) is 31.6. The fourth-order valence-corrected chi connectivity index (χ4v) is 2.89. The average molecular weight is 377 g/mol. The lowest BCUT2D eigenvalue weighted by Crippen LogP contribution is -2.03. The maximum Gasteiger partial charge on any atom is 0.0698 e. The van der Waals surface area contributed by atoms with Crippen LogP contribution in [0.5, 0.6) is 0 Å². The van der Waals surface area contributed by atoms with E-state index in [9.17, 15) is 0 Å². The van der Waals surface area contributed by atoms with Crippen LogP contribution in [0.3, 0.4) is 0 Å². The highest BCUT2D eigenvalue weighted by Gasteiger charge is 1.94. The summed E-state index contributed by atoms with van der Waals surface area (Å²) in [6.45, 7) is 3.35. The first kappa shape index (κ1) is 28.1. The highest BCUT2D eigenvalue weighted by molar-refractivity contribution is 4.49. The molecule has 26 heavy (non-hydrogen) atoms. The van der Waals surface area contributed by atoms with Gasteiger partial charge in [0.15, 0.2) is 0 Å². The normalized spacial score (nSPS) is 10.6. The molecule has 0 spiro atoms. The van der Waals surface area contributed by atoms with E-state index in [4.69, 9.17) is 15.3 Å². The quantitative estimate of drug-likeness (QED) is 0.255. The van der Waals surface area contributed by atoms with Crippen LogP contribution >= 0.6 is 0 Å². The Morgan fingerprint density at radius 1 is 0.423 bits per heavy atom. The van der Waals surface area contributed by atoms with Crippen LogP contribution in [-0.4, -0.2) is 48.4 Å². The fraction of sp³-hybridized carbons (Fsp3) is 1.00. The lowest BCUT2D eigenvalue weighted by molar-refractivity contribution is 0.0650. The minimum absolute atomic E-state index is 0.0278. The van der Waals surface area contributed by atoms with Gasteiger partial charge in [0.1, 0.15) is 0 Å². The van der Waals surface area contributed by atoms with Gasteiger partial charge in [-0.3, -0.25) is 0 Å². The minimum atomic E-state index is 0.0278. The van der Waals surface area contributed by atoms with Gasteiger partial charge in [-0.25, -0.2) is 0 Å². The van der Waals surface area contributed by atoms with Crippen molar-refractivity contribution < 1.29 is 20.1 Å². The lowest BCUT2D eigenvalue weighted by atomic mass is 10.0. The number of ether oxygens (including phenoxy) is 1. The van der Waals surface area contributed by atoms with Crippen molar-refractivity contribution in [3.8, 4) is 0 Å². The summed E-state index contributed by atoms with van der Waals surface area (Å²) in [5.41, 5.74) is 0. The summed E-state index contributed by atoms with van der Waals surface area (Å²) in [6, 6.07) is 0. The smallest absolute Gasteiger partial charge is 0.0698 e. The molecule has 0 aliphatic heterocycles. The molecule has 0 aromatic heterocycles. The van der Waals surface area contributed by atoms with Crippen molar-refractivity contribution in [3.05, 3.63) is 0 Å². The molecule has 0 aromatic carbocycles. The molecule has 0 aromatic rings. The molecule has 0 aliphatic rings. The van der Waals surface area contributed by atoms with E-state index < -0.39 is 0 Å². The van der Waals surface area contributed by atoms with Crippen molar-refractivity contribution >= 4 is 0 Å². The second kappa shape index (κ2) is 29.6. The van der Waals surface area contributed by atoms with Gasteiger partial charge in [0.2, 0.25) is 0 Å².